The summed E-state index contributed by atoms with van der Waals surface area (Å²) in [6.07, 6.45) is 2.58. The number of hydrogen-bond acceptors (Lipinski definition) is 3. The molecule has 4 nitrogen and oxygen atoms in total. The fourth-order valence-electron chi connectivity index (χ4n) is 1.81. The van der Waals surface area contributed by atoms with Crippen LogP contribution in [0.3, 0.4) is 0 Å². The maximum atomic E-state index is 5.76. The predicted molar refractivity (Wildman–Crippen MR) is 70.6 cm³/mol. The van der Waals surface area contributed by atoms with Gasteiger partial charge in [-0.15, -0.1) is 0 Å². The Morgan fingerprint density at radius 1 is 1.33 bits per heavy atom. The van der Waals surface area contributed by atoms with Gasteiger partial charge in [-0.3, -0.25) is 0 Å². The average molecular weight is 245 g/mol. The zero-order valence-electron chi connectivity index (χ0n) is 11.1. The minimum Gasteiger partial charge on any atom is -0.486 e. The van der Waals surface area contributed by atoms with Gasteiger partial charge in [0, 0.05) is 6.04 Å². The third-order valence-electron chi connectivity index (χ3n) is 2.81. The number of aryl methyl sites for hydroxylation is 1. The molecule has 0 bridgehead atoms. The standard InChI is InChI=1S/C14H19N3O/c1-4-12-6-5-7-13(8-12)18-9-14-15-10-16-17(14)11(2)3/h5-8,10-11H,4,9H2,1-3H3. The van der Waals surface area contributed by atoms with E-state index in [1.54, 1.807) is 6.33 Å². The van der Waals surface area contributed by atoms with E-state index in [1.165, 1.54) is 5.56 Å². The molecule has 1 aromatic carbocycles. The molecule has 0 aliphatic rings. The summed E-state index contributed by atoms with van der Waals surface area (Å²) in [6.45, 7) is 6.74. The number of hydrogen-bond donors (Lipinski definition) is 0. The van der Waals surface area contributed by atoms with Crippen molar-refractivity contribution >= 4 is 0 Å². The molecule has 0 saturated carbocycles. The van der Waals surface area contributed by atoms with Crippen LogP contribution in [0.1, 0.15) is 38.2 Å². The van der Waals surface area contributed by atoms with Crippen molar-refractivity contribution in [1.29, 1.82) is 0 Å². The van der Waals surface area contributed by atoms with Gasteiger partial charge in [0.05, 0.1) is 0 Å². The second kappa shape index (κ2) is 5.67. The number of aromatic nitrogens is 3. The molecule has 18 heavy (non-hydrogen) atoms. The van der Waals surface area contributed by atoms with E-state index < -0.39 is 0 Å². The number of nitrogens with zero attached hydrogens (tertiary/aromatic N) is 3. The molecule has 2 aromatic rings. The molecule has 0 N–H and O–H groups in total. The first-order chi connectivity index (χ1) is 8.70. The van der Waals surface area contributed by atoms with E-state index >= 15 is 0 Å². The maximum Gasteiger partial charge on any atom is 0.165 e. The molecule has 4 heteroatoms. The molecule has 1 heterocycles. The van der Waals surface area contributed by atoms with Crippen LogP contribution in [0, 0.1) is 0 Å². The lowest BCUT2D eigenvalue weighted by atomic mass is 10.2. The van der Waals surface area contributed by atoms with Crippen LogP contribution in [0.5, 0.6) is 5.75 Å². The first-order valence-electron chi connectivity index (χ1n) is 6.30. The molecule has 0 spiro atoms. The highest BCUT2D eigenvalue weighted by Gasteiger charge is 2.08. The van der Waals surface area contributed by atoms with Gasteiger partial charge in [-0.25, -0.2) is 9.67 Å². The van der Waals surface area contributed by atoms with E-state index in [-0.39, 0.29) is 0 Å². The van der Waals surface area contributed by atoms with Crippen LogP contribution < -0.4 is 4.74 Å². The molecule has 0 aliphatic heterocycles. The summed E-state index contributed by atoms with van der Waals surface area (Å²) < 4.78 is 7.64. The van der Waals surface area contributed by atoms with Crippen molar-refractivity contribution in [2.45, 2.75) is 39.8 Å². The van der Waals surface area contributed by atoms with Gasteiger partial charge < -0.3 is 4.74 Å². The minimum atomic E-state index is 0.299. The van der Waals surface area contributed by atoms with Crippen molar-refractivity contribution in [2.24, 2.45) is 0 Å². The Labute approximate surface area is 108 Å². The average Bonchev–Trinajstić information content (AvgIpc) is 2.85. The Balaban J connectivity index is 2.04. The van der Waals surface area contributed by atoms with Crippen LogP contribution >= 0.6 is 0 Å². The molecule has 2 rings (SSSR count). The third kappa shape index (κ3) is 2.88. The van der Waals surface area contributed by atoms with Crippen LogP contribution in [0.4, 0.5) is 0 Å². The third-order valence-corrected chi connectivity index (χ3v) is 2.81. The van der Waals surface area contributed by atoms with E-state index in [9.17, 15) is 0 Å². The van der Waals surface area contributed by atoms with Crippen molar-refractivity contribution in [2.75, 3.05) is 0 Å². The minimum absolute atomic E-state index is 0.299. The number of rotatable bonds is 5. The van der Waals surface area contributed by atoms with Gasteiger partial charge in [-0.2, -0.15) is 5.10 Å². The van der Waals surface area contributed by atoms with Crippen LogP contribution in [-0.2, 0) is 13.0 Å². The largest absolute Gasteiger partial charge is 0.486 e. The molecule has 96 valence electrons. The lowest BCUT2D eigenvalue weighted by molar-refractivity contribution is 0.282. The molecule has 0 amide bonds. The summed E-state index contributed by atoms with van der Waals surface area (Å²) >= 11 is 0. The zero-order chi connectivity index (χ0) is 13.0. The lowest BCUT2D eigenvalue weighted by Crippen LogP contribution is -2.10. The Morgan fingerprint density at radius 2 is 2.17 bits per heavy atom. The van der Waals surface area contributed by atoms with E-state index in [2.05, 4.69) is 43.0 Å². The summed E-state index contributed by atoms with van der Waals surface area (Å²) in [5.74, 6) is 1.74. The van der Waals surface area contributed by atoms with Crippen molar-refractivity contribution in [3.05, 3.63) is 42.0 Å². The Hall–Kier alpha value is -1.84. The summed E-state index contributed by atoms with van der Waals surface area (Å²) in [4.78, 5) is 4.22. The highest BCUT2D eigenvalue weighted by Crippen LogP contribution is 2.15. The Morgan fingerprint density at radius 3 is 2.89 bits per heavy atom. The van der Waals surface area contributed by atoms with Crippen LogP contribution in [0.25, 0.3) is 0 Å². The number of benzene rings is 1. The van der Waals surface area contributed by atoms with Crippen LogP contribution in [0.15, 0.2) is 30.6 Å². The monoisotopic (exact) mass is 245 g/mol. The molecule has 1 aromatic heterocycles. The van der Waals surface area contributed by atoms with Crippen LogP contribution in [-0.4, -0.2) is 14.8 Å². The zero-order valence-corrected chi connectivity index (χ0v) is 11.1. The summed E-state index contributed by atoms with van der Waals surface area (Å²) in [6, 6.07) is 8.45. The first-order valence-corrected chi connectivity index (χ1v) is 6.30. The molecular formula is C14H19N3O. The topological polar surface area (TPSA) is 39.9 Å². The molecule has 0 unspecified atom stereocenters. The van der Waals surface area contributed by atoms with Crippen molar-refractivity contribution in [3.63, 3.8) is 0 Å². The highest BCUT2D eigenvalue weighted by molar-refractivity contribution is 5.28. The first kappa shape index (κ1) is 12.6. The Kier molecular flexibility index (Phi) is 3.97. The maximum absolute atomic E-state index is 5.76. The fraction of sp³-hybridized carbons (Fsp3) is 0.429. The SMILES string of the molecule is CCc1cccc(OCc2ncnn2C(C)C)c1. The van der Waals surface area contributed by atoms with Crippen LogP contribution in [0.2, 0.25) is 0 Å². The second-order valence-corrected chi connectivity index (χ2v) is 4.50. The molecule has 0 aliphatic carbocycles. The summed E-state index contributed by atoms with van der Waals surface area (Å²) in [5.41, 5.74) is 1.28. The van der Waals surface area contributed by atoms with E-state index in [1.807, 2.05) is 16.8 Å². The fourth-order valence-corrected chi connectivity index (χ4v) is 1.81. The second-order valence-electron chi connectivity index (χ2n) is 4.50. The Bertz CT molecular complexity index is 505. The number of ether oxygens (including phenoxy) is 1. The molecule has 0 saturated heterocycles. The van der Waals surface area contributed by atoms with Gasteiger partial charge in [-0.1, -0.05) is 19.1 Å². The molecule has 0 atom stereocenters. The van der Waals surface area contributed by atoms with Gasteiger partial charge in [0.1, 0.15) is 18.7 Å². The summed E-state index contributed by atoms with van der Waals surface area (Å²) in [5, 5.41) is 4.19. The smallest absolute Gasteiger partial charge is 0.165 e. The molecule has 0 radical (unpaired) electrons. The van der Waals surface area contributed by atoms with Gasteiger partial charge in [0.2, 0.25) is 0 Å². The van der Waals surface area contributed by atoms with Gasteiger partial charge >= 0.3 is 0 Å². The molecule has 0 fully saturated rings. The lowest BCUT2D eigenvalue weighted by Gasteiger charge is -2.10. The van der Waals surface area contributed by atoms with Gasteiger partial charge in [-0.05, 0) is 38.0 Å². The quantitative estimate of drug-likeness (QED) is 0.813. The van der Waals surface area contributed by atoms with Gasteiger partial charge in [0.25, 0.3) is 0 Å². The highest BCUT2D eigenvalue weighted by atomic mass is 16.5. The normalized spacial score (nSPS) is 10.9. The van der Waals surface area contributed by atoms with E-state index in [0.717, 1.165) is 18.0 Å². The van der Waals surface area contributed by atoms with E-state index in [4.69, 9.17) is 4.74 Å². The summed E-state index contributed by atoms with van der Waals surface area (Å²) in [7, 11) is 0. The predicted octanol–water partition coefficient (Wildman–Crippen LogP) is 3.00. The van der Waals surface area contributed by atoms with E-state index in [0.29, 0.717) is 12.6 Å². The van der Waals surface area contributed by atoms with Crippen molar-refractivity contribution < 1.29 is 4.74 Å². The van der Waals surface area contributed by atoms with Gasteiger partial charge in [0.15, 0.2) is 5.82 Å². The van der Waals surface area contributed by atoms with Crippen molar-refractivity contribution in [3.8, 4) is 5.75 Å². The molecular weight excluding hydrogens is 226 g/mol. The van der Waals surface area contributed by atoms with Crippen molar-refractivity contribution in [1.82, 2.24) is 14.8 Å².